The van der Waals surface area contributed by atoms with E-state index in [0.717, 1.165) is 21.4 Å². The smallest absolute Gasteiger partial charge is 0.308 e. The molecule has 138 valence electrons. The zero-order chi connectivity index (χ0) is 19.7. The zero-order valence-electron chi connectivity index (χ0n) is 14.7. The number of hydrogen-bond donors (Lipinski definition) is 0. The lowest BCUT2D eigenvalue weighted by molar-refractivity contribution is -0.131. The molecule has 0 N–H and O–H groups in total. The first-order chi connectivity index (χ1) is 13.5. The van der Waals surface area contributed by atoms with Crippen LogP contribution in [0.3, 0.4) is 0 Å². The molecule has 4 aromatic rings. The Bertz CT molecular complexity index is 1340. The summed E-state index contributed by atoms with van der Waals surface area (Å²) in [5.41, 5.74) is 0.640. The van der Waals surface area contributed by atoms with Crippen LogP contribution in [0.15, 0.2) is 64.2 Å². The number of ether oxygens (including phenoxy) is 1. The van der Waals surface area contributed by atoms with Crippen LogP contribution in [0, 0.1) is 0 Å². The summed E-state index contributed by atoms with van der Waals surface area (Å²) in [7, 11) is 0. The van der Waals surface area contributed by atoms with Crippen molar-refractivity contribution in [2.24, 2.45) is 0 Å². The first-order valence-corrected chi connectivity index (χ1v) is 9.12. The molecule has 7 nitrogen and oxygen atoms in total. The summed E-state index contributed by atoms with van der Waals surface area (Å²) in [6, 6.07) is 15.6. The van der Waals surface area contributed by atoms with Gasteiger partial charge in [0.05, 0.1) is 4.53 Å². The Morgan fingerprint density at radius 1 is 1.07 bits per heavy atom. The fourth-order valence-corrected chi connectivity index (χ4v) is 3.54. The van der Waals surface area contributed by atoms with Crippen LogP contribution in [0.5, 0.6) is 5.75 Å². The van der Waals surface area contributed by atoms with E-state index in [-0.39, 0.29) is 16.2 Å². The summed E-state index contributed by atoms with van der Waals surface area (Å²) in [4.78, 5) is 40.2. The van der Waals surface area contributed by atoms with Crippen molar-refractivity contribution in [1.82, 2.24) is 14.6 Å². The van der Waals surface area contributed by atoms with Gasteiger partial charge in [0.25, 0.3) is 5.56 Å². The number of carbonyl (C=O) groups excluding carboxylic acids is 1. The van der Waals surface area contributed by atoms with Crippen molar-refractivity contribution in [2.75, 3.05) is 0 Å². The fraction of sp³-hybridized carbons (Fsp3) is 0.0500. The maximum atomic E-state index is 12.7. The Hall–Kier alpha value is -3.65. The Morgan fingerprint density at radius 2 is 1.79 bits per heavy atom. The monoisotopic (exact) mass is 391 g/mol. The summed E-state index contributed by atoms with van der Waals surface area (Å²) >= 11 is 1.09. The van der Waals surface area contributed by atoms with E-state index in [1.165, 1.54) is 6.92 Å². The van der Waals surface area contributed by atoms with Crippen LogP contribution in [0.4, 0.5) is 0 Å². The molecular weight excluding hydrogens is 378 g/mol. The van der Waals surface area contributed by atoms with Crippen LogP contribution < -0.4 is 20.4 Å². The molecule has 4 rings (SSSR count). The van der Waals surface area contributed by atoms with Gasteiger partial charge in [-0.15, -0.1) is 0 Å². The van der Waals surface area contributed by atoms with Crippen molar-refractivity contribution < 1.29 is 9.53 Å². The number of esters is 1. The van der Waals surface area contributed by atoms with Crippen molar-refractivity contribution in [1.29, 1.82) is 0 Å². The first kappa shape index (κ1) is 17.7. The van der Waals surface area contributed by atoms with Crippen molar-refractivity contribution in [3.05, 3.63) is 85.4 Å². The maximum absolute atomic E-state index is 12.7. The van der Waals surface area contributed by atoms with E-state index in [2.05, 4.69) is 10.1 Å². The van der Waals surface area contributed by atoms with Crippen molar-refractivity contribution in [3.8, 4) is 17.0 Å². The molecule has 2 heterocycles. The zero-order valence-corrected chi connectivity index (χ0v) is 15.5. The molecule has 0 unspecified atom stereocenters. The summed E-state index contributed by atoms with van der Waals surface area (Å²) in [5.74, 6) is 0.0174. The van der Waals surface area contributed by atoms with Crippen LogP contribution in [0.2, 0.25) is 0 Å². The third kappa shape index (κ3) is 3.45. The lowest BCUT2D eigenvalue weighted by Crippen LogP contribution is -2.26. The van der Waals surface area contributed by atoms with Crippen LogP contribution in [-0.4, -0.2) is 20.6 Å². The highest BCUT2D eigenvalue weighted by Crippen LogP contribution is 2.14. The minimum Gasteiger partial charge on any atom is -0.427 e. The average molecular weight is 391 g/mol. The fourth-order valence-electron chi connectivity index (χ4n) is 2.64. The Labute approximate surface area is 162 Å². The molecule has 0 spiro atoms. The number of hydrogen-bond acceptors (Lipinski definition) is 7. The molecule has 0 aliphatic carbocycles. The van der Waals surface area contributed by atoms with Crippen molar-refractivity contribution in [3.63, 3.8) is 0 Å². The molecule has 28 heavy (non-hydrogen) atoms. The summed E-state index contributed by atoms with van der Waals surface area (Å²) in [5, 5.41) is 4.22. The number of aromatic nitrogens is 3. The van der Waals surface area contributed by atoms with Gasteiger partial charge < -0.3 is 4.74 Å². The highest BCUT2D eigenvalue weighted by Gasteiger charge is 2.12. The highest BCUT2D eigenvalue weighted by atomic mass is 32.1. The summed E-state index contributed by atoms with van der Waals surface area (Å²) in [6.07, 6.45) is 1.67. The first-order valence-electron chi connectivity index (χ1n) is 8.31. The molecule has 2 aromatic carbocycles. The van der Waals surface area contributed by atoms with Gasteiger partial charge in [0.15, 0.2) is 5.69 Å². The maximum Gasteiger partial charge on any atom is 0.308 e. The lowest BCUT2D eigenvalue weighted by Gasteiger charge is -2.00. The minimum absolute atomic E-state index is 0.130. The van der Waals surface area contributed by atoms with Gasteiger partial charge in [0, 0.05) is 12.5 Å². The van der Waals surface area contributed by atoms with Gasteiger partial charge in [-0.05, 0) is 23.8 Å². The van der Waals surface area contributed by atoms with Crippen LogP contribution >= 0.6 is 11.3 Å². The molecule has 0 amide bonds. The second kappa shape index (κ2) is 7.16. The van der Waals surface area contributed by atoms with E-state index < -0.39 is 11.5 Å². The topological polar surface area (TPSA) is 90.6 Å². The number of benzene rings is 2. The lowest BCUT2D eigenvalue weighted by atomic mass is 10.2. The van der Waals surface area contributed by atoms with Gasteiger partial charge in [-0.2, -0.15) is 14.6 Å². The van der Waals surface area contributed by atoms with Crippen LogP contribution in [-0.2, 0) is 4.79 Å². The average Bonchev–Trinajstić information content (AvgIpc) is 2.97. The molecule has 0 aliphatic heterocycles. The van der Waals surface area contributed by atoms with Crippen molar-refractivity contribution in [2.45, 2.75) is 6.92 Å². The molecule has 0 saturated carbocycles. The number of carbonyl (C=O) groups is 1. The van der Waals surface area contributed by atoms with Crippen molar-refractivity contribution >= 4 is 28.3 Å². The molecule has 0 aliphatic rings. The van der Waals surface area contributed by atoms with E-state index in [4.69, 9.17) is 4.74 Å². The van der Waals surface area contributed by atoms with E-state index in [1.54, 1.807) is 54.6 Å². The van der Waals surface area contributed by atoms with Gasteiger partial charge in [-0.25, -0.2) is 0 Å². The molecule has 0 atom stereocenters. The predicted molar refractivity (Wildman–Crippen MR) is 105 cm³/mol. The van der Waals surface area contributed by atoms with Crippen LogP contribution in [0.25, 0.3) is 22.3 Å². The molecule has 0 saturated heterocycles. The Balaban J connectivity index is 1.80. The second-order valence-corrected chi connectivity index (χ2v) is 6.91. The number of rotatable bonds is 3. The Kier molecular flexibility index (Phi) is 4.54. The van der Waals surface area contributed by atoms with Gasteiger partial charge >= 0.3 is 11.5 Å². The second-order valence-electron chi connectivity index (χ2n) is 5.90. The third-order valence-corrected chi connectivity index (χ3v) is 4.83. The molecular formula is C20H13N3O4S. The summed E-state index contributed by atoms with van der Waals surface area (Å²) in [6.45, 7) is 1.33. The van der Waals surface area contributed by atoms with E-state index >= 15 is 0 Å². The summed E-state index contributed by atoms with van der Waals surface area (Å²) < 4.78 is 6.53. The van der Waals surface area contributed by atoms with E-state index in [1.807, 2.05) is 6.07 Å². The molecule has 0 fully saturated rings. The highest BCUT2D eigenvalue weighted by molar-refractivity contribution is 7.15. The SMILES string of the molecule is CC(=O)Oc1ccc(/C=c2\sc3nc(=O)c(-c4ccccc4)nn3c2=O)cc1. The largest absolute Gasteiger partial charge is 0.427 e. The molecule has 0 radical (unpaired) electrons. The van der Waals surface area contributed by atoms with Crippen LogP contribution in [0.1, 0.15) is 12.5 Å². The van der Waals surface area contributed by atoms with E-state index in [9.17, 15) is 14.4 Å². The van der Waals surface area contributed by atoms with Gasteiger partial charge in [-0.3, -0.25) is 14.4 Å². The third-order valence-electron chi connectivity index (χ3n) is 3.87. The standard InChI is InChI=1S/C20H13N3O4S/c1-12(24)27-15-9-7-13(8-10-15)11-16-19(26)23-20(28-16)21-18(25)17(22-23)14-5-3-2-4-6-14/h2-11H,1H3/b16-11-. The molecule has 2 aromatic heterocycles. The number of nitrogens with zero attached hydrogens (tertiary/aromatic N) is 3. The molecule has 0 bridgehead atoms. The predicted octanol–water partition coefficient (Wildman–Crippen LogP) is 1.65. The Morgan fingerprint density at radius 3 is 2.46 bits per heavy atom. The number of fused-ring (bicyclic) bond motifs is 1. The quantitative estimate of drug-likeness (QED) is 0.390. The van der Waals surface area contributed by atoms with E-state index in [0.29, 0.717) is 15.8 Å². The number of thiazole rings is 1. The minimum atomic E-state index is -0.482. The normalized spacial score (nSPS) is 11.7. The van der Waals surface area contributed by atoms with Gasteiger partial charge in [-0.1, -0.05) is 53.8 Å². The van der Waals surface area contributed by atoms with Gasteiger partial charge in [0.2, 0.25) is 4.96 Å². The molecule has 8 heteroatoms. The van der Waals surface area contributed by atoms with Gasteiger partial charge in [0.1, 0.15) is 5.75 Å².